The minimum atomic E-state index is -0.346. The number of thiophene rings is 1. The summed E-state index contributed by atoms with van der Waals surface area (Å²) in [7, 11) is 0. The van der Waals surface area contributed by atoms with Crippen LogP contribution >= 0.6 is 22.9 Å². The normalized spacial score (nSPS) is 13.1. The van der Waals surface area contributed by atoms with Crippen LogP contribution in [-0.4, -0.2) is 25.0 Å². The number of fused-ring (bicyclic) bond motifs is 1. The van der Waals surface area contributed by atoms with Crippen molar-refractivity contribution in [2.24, 2.45) is 0 Å². The second-order valence-corrected chi connectivity index (χ2v) is 7.96. The standard InChI is InChI=1S/C20H23ClN2O3S/c1-2-26-20(25)18-15-5-3-4-6-16(15)27-19(18)23-17(24)12-22-11-13-7-9-14(21)10-8-13/h7-10,22H,2-6,11-12H2,1H3,(H,23,24). The van der Waals surface area contributed by atoms with Crippen molar-refractivity contribution in [1.29, 1.82) is 0 Å². The van der Waals surface area contributed by atoms with E-state index in [2.05, 4.69) is 10.6 Å². The van der Waals surface area contributed by atoms with E-state index in [9.17, 15) is 9.59 Å². The van der Waals surface area contributed by atoms with Gasteiger partial charge in [-0.2, -0.15) is 0 Å². The molecule has 1 aliphatic carbocycles. The van der Waals surface area contributed by atoms with Crippen LogP contribution in [0.4, 0.5) is 5.00 Å². The van der Waals surface area contributed by atoms with Gasteiger partial charge in [-0.1, -0.05) is 23.7 Å². The Bertz CT molecular complexity index is 817. The van der Waals surface area contributed by atoms with E-state index in [0.29, 0.717) is 28.7 Å². The van der Waals surface area contributed by atoms with Gasteiger partial charge in [-0.05, 0) is 55.9 Å². The largest absolute Gasteiger partial charge is 0.462 e. The van der Waals surface area contributed by atoms with Crippen LogP contribution in [0.5, 0.6) is 0 Å². The van der Waals surface area contributed by atoms with E-state index in [1.807, 2.05) is 24.3 Å². The number of hydrogen-bond donors (Lipinski definition) is 2. The van der Waals surface area contributed by atoms with Gasteiger partial charge in [0.25, 0.3) is 0 Å². The molecule has 1 aromatic heterocycles. The van der Waals surface area contributed by atoms with Crippen LogP contribution in [0.25, 0.3) is 0 Å². The third-order valence-corrected chi connectivity index (χ3v) is 5.89. The number of aryl methyl sites for hydroxylation is 1. The molecule has 1 aliphatic rings. The van der Waals surface area contributed by atoms with E-state index < -0.39 is 0 Å². The fraction of sp³-hybridized carbons (Fsp3) is 0.400. The maximum Gasteiger partial charge on any atom is 0.341 e. The van der Waals surface area contributed by atoms with E-state index in [-0.39, 0.29) is 18.4 Å². The summed E-state index contributed by atoms with van der Waals surface area (Å²) in [5, 5.41) is 7.30. The molecule has 0 radical (unpaired) electrons. The highest BCUT2D eigenvalue weighted by Gasteiger charge is 2.27. The number of amides is 1. The van der Waals surface area contributed by atoms with Crippen LogP contribution in [-0.2, 0) is 28.9 Å². The lowest BCUT2D eigenvalue weighted by molar-refractivity contribution is -0.115. The molecule has 0 fully saturated rings. The van der Waals surface area contributed by atoms with Gasteiger partial charge in [-0.15, -0.1) is 11.3 Å². The monoisotopic (exact) mass is 406 g/mol. The maximum absolute atomic E-state index is 12.4. The average Bonchev–Trinajstić information content (AvgIpc) is 3.01. The van der Waals surface area contributed by atoms with Gasteiger partial charge in [0, 0.05) is 16.4 Å². The highest BCUT2D eigenvalue weighted by molar-refractivity contribution is 7.17. The molecule has 27 heavy (non-hydrogen) atoms. The number of ether oxygens (including phenoxy) is 1. The van der Waals surface area contributed by atoms with Crippen LogP contribution in [0.3, 0.4) is 0 Å². The molecule has 0 saturated heterocycles. The van der Waals surface area contributed by atoms with Crippen LogP contribution in [0.1, 0.15) is 46.1 Å². The lowest BCUT2D eigenvalue weighted by Gasteiger charge is -2.12. The minimum Gasteiger partial charge on any atom is -0.462 e. The SMILES string of the molecule is CCOC(=O)c1c(NC(=O)CNCc2ccc(Cl)cc2)sc2c1CCCC2. The number of nitrogens with one attached hydrogen (secondary N) is 2. The molecule has 2 N–H and O–H groups in total. The molecular formula is C20H23ClN2O3S. The molecule has 1 aromatic carbocycles. The fourth-order valence-corrected chi connectivity index (χ4v) is 4.59. The summed E-state index contributed by atoms with van der Waals surface area (Å²) in [5.74, 6) is -0.519. The molecule has 3 rings (SSSR count). The molecule has 0 saturated carbocycles. The molecule has 0 spiro atoms. The first-order chi connectivity index (χ1) is 13.1. The van der Waals surface area contributed by atoms with Crippen LogP contribution in [0, 0.1) is 0 Å². The smallest absolute Gasteiger partial charge is 0.341 e. The molecule has 2 aromatic rings. The average molecular weight is 407 g/mol. The lowest BCUT2D eigenvalue weighted by Crippen LogP contribution is -2.28. The van der Waals surface area contributed by atoms with Gasteiger partial charge in [0.2, 0.25) is 5.91 Å². The quantitative estimate of drug-likeness (QED) is 0.676. The number of esters is 1. The zero-order valence-electron chi connectivity index (χ0n) is 15.3. The number of hydrogen-bond acceptors (Lipinski definition) is 5. The van der Waals surface area contributed by atoms with Crippen molar-refractivity contribution in [3.63, 3.8) is 0 Å². The molecule has 0 atom stereocenters. The summed E-state index contributed by atoms with van der Waals surface area (Å²) < 4.78 is 5.21. The first-order valence-electron chi connectivity index (χ1n) is 9.15. The number of carbonyl (C=O) groups excluding carboxylic acids is 2. The number of rotatable bonds is 7. The Labute approximate surface area is 168 Å². The van der Waals surface area contributed by atoms with Crippen LogP contribution in [0.2, 0.25) is 5.02 Å². The number of carbonyl (C=O) groups is 2. The van der Waals surface area contributed by atoms with Gasteiger partial charge < -0.3 is 15.4 Å². The Morgan fingerprint density at radius 3 is 2.67 bits per heavy atom. The van der Waals surface area contributed by atoms with Crippen molar-refractivity contribution in [3.05, 3.63) is 50.9 Å². The van der Waals surface area contributed by atoms with Gasteiger partial charge in [-0.25, -0.2) is 4.79 Å². The summed E-state index contributed by atoms with van der Waals surface area (Å²) >= 11 is 7.37. The summed E-state index contributed by atoms with van der Waals surface area (Å²) in [5.41, 5.74) is 2.64. The molecule has 1 amide bonds. The highest BCUT2D eigenvalue weighted by atomic mass is 35.5. The Balaban J connectivity index is 1.63. The molecule has 0 bridgehead atoms. The Kier molecular flexibility index (Phi) is 6.88. The second kappa shape index (κ2) is 9.35. The van der Waals surface area contributed by atoms with E-state index in [4.69, 9.17) is 16.3 Å². The van der Waals surface area contributed by atoms with E-state index >= 15 is 0 Å². The molecule has 5 nitrogen and oxygen atoms in total. The maximum atomic E-state index is 12.4. The number of anilines is 1. The van der Waals surface area contributed by atoms with Crippen molar-refractivity contribution < 1.29 is 14.3 Å². The van der Waals surface area contributed by atoms with Crippen LogP contribution < -0.4 is 10.6 Å². The van der Waals surface area contributed by atoms with Crippen molar-refractivity contribution >= 4 is 39.8 Å². The van der Waals surface area contributed by atoms with E-state index in [1.54, 1.807) is 6.92 Å². The van der Waals surface area contributed by atoms with Gasteiger partial charge in [-0.3, -0.25) is 4.79 Å². The molecule has 144 valence electrons. The lowest BCUT2D eigenvalue weighted by atomic mass is 9.95. The third-order valence-electron chi connectivity index (χ3n) is 4.43. The van der Waals surface area contributed by atoms with Gasteiger partial charge in [0.05, 0.1) is 18.7 Å². The zero-order chi connectivity index (χ0) is 19.2. The Morgan fingerprint density at radius 1 is 1.19 bits per heavy atom. The number of halogens is 1. The first-order valence-corrected chi connectivity index (χ1v) is 10.3. The molecule has 7 heteroatoms. The van der Waals surface area contributed by atoms with Crippen molar-refractivity contribution in [2.45, 2.75) is 39.2 Å². The van der Waals surface area contributed by atoms with Gasteiger partial charge >= 0.3 is 5.97 Å². The summed E-state index contributed by atoms with van der Waals surface area (Å²) in [6, 6.07) is 7.47. The minimum absolute atomic E-state index is 0.160. The first kappa shape index (κ1) is 19.9. The Morgan fingerprint density at radius 2 is 1.93 bits per heavy atom. The second-order valence-electron chi connectivity index (χ2n) is 6.41. The summed E-state index contributed by atoms with van der Waals surface area (Å²) in [6.07, 6.45) is 4.00. The van der Waals surface area contributed by atoms with Gasteiger partial charge in [0.15, 0.2) is 0 Å². The van der Waals surface area contributed by atoms with Crippen molar-refractivity contribution in [1.82, 2.24) is 5.32 Å². The molecule has 1 heterocycles. The highest BCUT2D eigenvalue weighted by Crippen LogP contribution is 2.38. The summed E-state index contributed by atoms with van der Waals surface area (Å²) in [6.45, 7) is 2.83. The predicted octanol–water partition coefficient (Wildman–Crippen LogP) is 4.19. The molecule has 0 aliphatic heterocycles. The van der Waals surface area contributed by atoms with Gasteiger partial charge in [0.1, 0.15) is 5.00 Å². The number of benzene rings is 1. The van der Waals surface area contributed by atoms with Crippen LogP contribution in [0.15, 0.2) is 24.3 Å². The molecular weight excluding hydrogens is 384 g/mol. The predicted molar refractivity (Wildman–Crippen MR) is 109 cm³/mol. The van der Waals surface area contributed by atoms with Crippen molar-refractivity contribution in [3.8, 4) is 0 Å². The van der Waals surface area contributed by atoms with E-state index in [0.717, 1.165) is 36.8 Å². The third kappa shape index (κ3) is 5.09. The topological polar surface area (TPSA) is 67.4 Å². The summed E-state index contributed by atoms with van der Waals surface area (Å²) in [4.78, 5) is 26.0. The zero-order valence-corrected chi connectivity index (χ0v) is 16.8. The molecule has 0 unspecified atom stereocenters. The van der Waals surface area contributed by atoms with Crippen molar-refractivity contribution in [2.75, 3.05) is 18.5 Å². The Hall–Kier alpha value is -1.89. The fourth-order valence-electron chi connectivity index (χ4n) is 3.17. The van der Waals surface area contributed by atoms with E-state index in [1.165, 1.54) is 16.2 Å².